The second-order valence-corrected chi connectivity index (χ2v) is 8.64. The molecule has 2 aromatic carbocycles. The lowest BCUT2D eigenvalue weighted by molar-refractivity contribution is 0.0469. The Bertz CT molecular complexity index is 1180. The Balaban J connectivity index is 1.65. The van der Waals surface area contributed by atoms with E-state index in [1.165, 1.54) is 5.69 Å². The number of carbonyl (C=O) groups is 2. The number of ether oxygens (including phenoxy) is 2. The highest BCUT2D eigenvalue weighted by atomic mass is 16.6. The Morgan fingerprint density at radius 3 is 2.49 bits per heavy atom. The minimum absolute atomic E-state index is 0.114. The van der Waals surface area contributed by atoms with Crippen LogP contribution in [0.4, 0.5) is 15.3 Å². The quantitative estimate of drug-likeness (QED) is 0.201. The third-order valence-electron chi connectivity index (χ3n) is 6.11. The van der Waals surface area contributed by atoms with Gasteiger partial charge in [0.05, 0.1) is 23.8 Å². The Morgan fingerprint density at radius 1 is 1.08 bits per heavy atom. The highest BCUT2D eigenvalue weighted by Gasteiger charge is 2.22. The van der Waals surface area contributed by atoms with Crippen molar-refractivity contribution in [2.24, 2.45) is 17.2 Å². The lowest BCUT2D eigenvalue weighted by Gasteiger charge is -2.23. The summed E-state index contributed by atoms with van der Waals surface area (Å²) in [5.74, 6) is 0. The van der Waals surface area contributed by atoms with E-state index >= 15 is 0 Å². The molecule has 0 aliphatic heterocycles. The van der Waals surface area contributed by atoms with Crippen LogP contribution in [0, 0.1) is 0 Å². The molecule has 1 aromatic heterocycles. The number of carbonyl (C=O) groups excluding carboxylic acids is 2. The number of primary amides is 2. The van der Waals surface area contributed by atoms with E-state index in [4.69, 9.17) is 26.7 Å². The van der Waals surface area contributed by atoms with Crippen LogP contribution in [-0.2, 0) is 28.9 Å². The number of aryl methyl sites for hydroxylation is 1. The van der Waals surface area contributed by atoms with E-state index in [9.17, 15) is 9.59 Å². The number of benzene rings is 2. The standard InChI is InChI=1S/C27H36N6O4/c1-3-20(16-19-12-8-13-21(32-26(29)34)23(19)25(28)37-27(30)35)36-15-9-14-33-17-31-24(22(33)4-2)18-10-6-5-7-11-18/h5-8,10-13,17,20,25H,3-4,9,14-16,28H2,1-2H3,(H2,30,35)(H3,29,32,34). The summed E-state index contributed by atoms with van der Waals surface area (Å²) in [6.07, 6.45) is 2.54. The third-order valence-corrected chi connectivity index (χ3v) is 6.11. The molecule has 0 fully saturated rings. The molecule has 0 bridgehead atoms. The topological polar surface area (TPSA) is 161 Å². The monoisotopic (exact) mass is 508 g/mol. The first-order chi connectivity index (χ1) is 17.8. The highest BCUT2D eigenvalue weighted by molar-refractivity contribution is 5.89. The maximum absolute atomic E-state index is 11.5. The van der Waals surface area contributed by atoms with Gasteiger partial charge in [-0.05, 0) is 37.3 Å². The molecule has 0 radical (unpaired) electrons. The number of aromatic nitrogens is 2. The molecule has 198 valence electrons. The summed E-state index contributed by atoms with van der Waals surface area (Å²) in [6.45, 7) is 5.51. The Labute approximate surface area is 217 Å². The van der Waals surface area contributed by atoms with Gasteiger partial charge in [0.1, 0.15) is 0 Å². The number of amides is 3. The number of imidazole rings is 1. The van der Waals surface area contributed by atoms with Crippen LogP contribution < -0.4 is 22.5 Å². The van der Waals surface area contributed by atoms with E-state index in [2.05, 4.69) is 33.9 Å². The smallest absolute Gasteiger partial charge is 0.406 e. The van der Waals surface area contributed by atoms with Gasteiger partial charge >= 0.3 is 12.1 Å². The van der Waals surface area contributed by atoms with Gasteiger partial charge in [0.15, 0.2) is 6.23 Å². The van der Waals surface area contributed by atoms with Crippen LogP contribution >= 0.6 is 0 Å². The average Bonchev–Trinajstić information content (AvgIpc) is 3.28. The van der Waals surface area contributed by atoms with Crippen molar-refractivity contribution in [2.45, 2.75) is 58.4 Å². The molecule has 0 saturated carbocycles. The normalized spacial score (nSPS) is 12.6. The fourth-order valence-electron chi connectivity index (χ4n) is 4.41. The molecule has 37 heavy (non-hydrogen) atoms. The first-order valence-corrected chi connectivity index (χ1v) is 12.4. The van der Waals surface area contributed by atoms with Crippen LogP contribution in [0.15, 0.2) is 54.9 Å². The number of hydrogen-bond donors (Lipinski definition) is 4. The lowest BCUT2D eigenvalue weighted by atomic mass is 9.97. The van der Waals surface area contributed by atoms with Crippen molar-refractivity contribution in [3.05, 3.63) is 71.7 Å². The van der Waals surface area contributed by atoms with Gasteiger partial charge in [-0.2, -0.15) is 0 Å². The molecule has 0 saturated heterocycles. The van der Waals surface area contributed by atoms with Gasteiger partial charge in [-0.15, -0.1) is 0 Å². The Morgan fingerprint density at radius 2 is 1.84 bits per heavy atom. The third kappa shape index (κ3) is 7.55. The second-order valence-electron chi connectivity index (χ2n) is 8.64. The van der Waals surface area contributed by atoms with Gasteiger partial charge in [-0.3, -0.25) is 5.73 Å². The minimum atomic E-state index is -1.17. The number of nitrogens with one attached hydrogen (secondary N) is 1. The summed E-state index contributed by atoms with van der Waals surface area (Å²) in [7, 11) is 0. The van der Waals surface area contributed by atoms with Crippen molar-refractivity contribution in [1.29, 1.82) is 0 Å². The van der Waals surface area contributed by atoms with Crippen molar-refractivity contribution >= 4 is 17.8 Å². The summed E-state index contributed by atoms with van der Waals surface area (Å²) in [6, 6.07) is 14.7. The first-order valence-electron chi connectivity index (χ1n) is 12.4. The van der Waals surface area contributed by atoms with Crippen molar-refractivity contribution in [3.8, 4) is 11.3 Å². The first kappa shape index (κ1) is 27.7. The Kier molecular flexibility index (Phi) is 10.0. The van der Waals surface area contributed by atoms with Gasteiger partial charge in [0.25, 0.3) is 0 Å². The van der Waals surface area contributed by atoms with E-state index in [0.717, 1.165) is 42.6 Å². The molecule has 10 nitrogen and oxygen atoms in total. The van der Waals surface area contributed by atoms with Crippen LogP contribution in [0.5, 0.6) is 0 Å². The maximum atomic E-state index is 11.5. The molecule has 3 amide bonds. The van der Waals surface area contributed by atoms with Gasteiger partial charge < -0.3 is 30.8 Å². The number of hydrogen-bond acceptors (Lipinski definition) is 6. The summed E-state index contributed by atoms with van der Waals surface area (Å²) in [4.78, 5) is 27.4. The van der Waals surface area contributed by atoms with Crippen molar-refractivity contribution in [3.63, 3.8) is 0 Å². The van der Waals surface area contributed by atoms with Crippen molar-refractivity contribution < 1.29 is 19.1 Å². The zero-order valence-electron chi connectivity index (χ0n) is 21.4. The van der Waals surface area contributed by atoms with Crippen molar-refractivity contribution in [2.75, 3.05) is 11.9 Å². The predicted octanol–water partition coefficient (Wildman–Crippen LogP) is 4.08. The minimum Gasteiger partial charge on any atom is -0.426 e. The highest BCUT2D eigenvalue weighted by Crippen LogP contribution is 2.29. The van der Waals surface area contributed by atoms with E-state index in [-0.39, 0.29) is 6.10 Å². The number of anilines is 1. The number of nitrogens with two attached hydrogens (primary N) is 3. The molecular formula is C27H36N6O4. The fraction of sp³-hybridized carbons (Fsp3) is 0.370. The molecule has 3 aromatic rings. The zero-order valence-corrected chi connectivity index (χ0v) is 21.4. The van der Waals surface area contributed by atoms with Crippen LogP contribution in [0.25, 0.3) is 11.3 Å². The molecule has 3 rings (SSSR count). The van der Waals surface area contributed by atoms with E-state index < -0.39 is 18.4 Å². The molecule has 1 heterocycles. The molecule has 7 N–H and O–H groups in total. The van der Waals surface area contributed by atoms with E-state index in [1.54, 1.807) is 12.1 Å². The second kappa shape index (κ2) is 13.4. The maximum Gasteiger partial charge on any atom is 0.406 e. The van der Waals surface area contributed by atoms with Crippen molar-refractivity contribution in [1.82, 2.24) is 9.55 Å². The number of urea groups is 1. The predicted molar refractivity (Wildman–Crippen MR) is 143 cm³/mol. The lowest BCUT2D eigenvalue weighted by Crippen LogP contribution is -2.28. The summed E-state index contributed by atoms with van der Waals surface area (Å²) in [5.41, 5.74) is 21.4. The van der Waals surface area contributed by atoms with Crippen LogP contribution in [0.2, 0.25) is 0 Å². The zero-order chi connectivity index (χ0) is 26.8. The molecule has 0 aliphatic carbocycles. The fourth-order valence-corrected chi connectivity index (χ4v) is 4.41. The molecule has 10 heteroatoms. The van der Waals surface area contributed by atoms with E-state index in [0.29, 0.717) is 24.3 Å². The van der Waals surface area contributed by atoms with Gasteiger partial charge in [0, 0.05) is 30.0 Å². The molecule has 2 unspecified atom stereocenters. The number of rotatable bonds is 13. The van der Waals surface area contributed by atoms with Crippen LogP contribution in [0.1, 0.15) is 49.7 Å². The molecule has 2 atom stereocenters. The Hall–Kier alpha value is -3.89. The molecule has 0 aliphatic rings. The molecular weight excluding hydrogens is 472 g/mol. The van der Waals surface area contributed by atoms with Gasteiger partial charge in [-0.25, -0.2) is 14.6 Å². The SMILES string of the molecule is CCc1c(-c2ccccc2)ncn1CCCOC(CC)Cc1cccc(NC(N)=O)c1C(N)OC(N)=O. The van der Waals surface area contributed by atoms with Gasteiger partial charge in [-0.1, -0.05) is 56.3 Å². The van der Waals surface area contributed by atoms with E-state index in [1.807, 2.05) is 37.5 Å². The van der Waals surface area contributed by atoms with Crippen LogP contribution in [0.3, 0.4) is 0 Å². The molecule has 0 spiro atoms. The summed E-state index contributed by atoms with van der Waals surface area (Å²) < 4.78 is 13.4. The summed E-state index contributed by atoms with van der Waals surface area (Å²) >= 11 is 0. The summed E-state index contributed by atoms with van der Waals surface area (Å²) in [5, 5.41) is 2.53. The average molecular weight is 509 g/mol. The number of nitrogens with zero attached hydrogens (tertiary/aromatic N) is 2. The largest absolute Gasteiger partial charge is 0.426 e. The van der Waals surface area contributed by atoms with Gasteiger partial charge in [0.2, 0.25) is 0 Å². The van der Waals surface area contributed by atoms with Crippen LogP contribution in [-0.4, -0.2) is 34.4 Å².